The number of rotatable bonds is 10. The van der Waals surface area contributed by atoms with Crippen molar-refractivity contribution in [2.75, 3.05) is 25.6 Å². The van der Waals surface area contributed by atoms with Crippen LogP contribution in [0.1, 0.15) is 5.56 Å². The number of carbonyl (C=O) groups is 1. The summed E-state index contributed by atoms with van der Waals surface area (Å²) in [6.45, 7) is 11.7. The van der Waals surface area contributed by atoms with Gasteiger partial charge in [-0.3, -0.25) is 9.78 Å². The fourth-order valence-corrected chi connectivity index (χ4v) is 1.73. The zero-order valence-electron chi connectivity index (χ0n) is 13.4. The van der Waals surface area contributed by atoms with Gasteiger partial charge in [0.1, 0.15) is 12.4 Å². The van der Waals surface area contributed by atoms with Crippen molar-refractivity contribution in [1.29, 1.82) is 0 Å². The summed E-state index contributed by atoms with van der Waals surface area (Å²) in [7, 11) is 1.47. The molecule has 1 rings (SSSR count). The number of carbonyl (C=O) groups excluding carboxylic acids is 1. The number of aromatic nitrogens is 1. The Morgan fingerprint density at radius 3 is 2.91 bits per heavy atom. The van der Waals surface area contributed by atoms with Crippen LogP contribution in [0.25, 0.3) is 0 Å². The molecule has 0 aliphatic heterocycles. The molecule has 122 valence electrons. The Labute approximate surface area is 137 Å². The Morgan fingerprint density at radius 2 is 2.22 bits per heavy atom. The molecule has 0 saturated heterocycles. The van der Waals surface area contributed by atoms with E-state index in [1.165, 1.54) is 7.11 Å². The maximum Gasteiger partial charge on any atom is 0.250 e. The summed E-state index contributed by atoms with van der Waals surface area (Å²) in [5.74, 6) is 0.275. The Morgan fingerprint density at radius 1 is 1.43 bits per heavy atom. The third kappa shape index (κ3) is 6.76. The average molecular weight is 314 g/mol. The van der Waals surface area contributed by atoms with Gasteiger partial charge in [-0.1, -0.05) is 38.0 Å². The van der Waals surface area contributed by atoms with Crippen LogP contribution >= 0.6 is 0 Å². The monoisotopic (exact) mass is 314 g/mol. The molecule has 0 aliphatic rings. The molecule has 0 atom stereocenters. The molecule has 1 aromatic heterocycles. The van der Waals surface area contributed by atoms with Crippen molar-refractivity contribution < 1.29 is 14.3 Å². The topological polar surface area (TPSA) is 60.5 Å². The largest absolute Gasteiger partial charge is 0.493 e. The fourth-order valence-electron chi connectivity index (χ4n) is 1.73. The highest BCUT2D eigenvalue weighted by molar-refractivity contribution is 5.92. The van der Waals surface area contributed by atoms with E-state index in [1.807, 2.05) is 6.07 Å². The summed E-state index contributed by atoms with van der Waals surface area (Å²) >= 11 is 0. The SMILES string of the molecule is C=CC=CC(=C)C(=C)OCCc1ccncc1NC(=O)COC. The molecule has 0 fully saturated rings. The molecule has 0 spiro atoms. The van der Waals surface area contributed by atoms with E-state index in [0.717, 1.165) is 5.56 Å². The number of ether oxygens (including phenoxy) is 2. The molecule has 1 heterocycles. The van der Waals surface area contributed by atoms with Crippen molar-refractivity contribution >= 4 is 11.6 Å². The number of amides is 1. The maximum absolute atomic E-state index is 11.6. The van der Waals surface area contributed by atoms with E-state index in [0.29, 0.717) is 30.0 Å². The first-order valence-electron chi connectivity index (χ1n) is 7.10. The van der Waals surface area contributed by atoms with E-state index in [2.05, 4.69) is 30.0 Å². The molecule has 0 bridgehead atoms. The number of hydrogen-bond acceptors (Lipinski definition) is 4. The predicted molar refractivity (Wildman–Crippen MR) is 92.0 cm³/mol. The second-order valence-corrected chi connectivity index (χ2v) is 4.66. The first-order valence-corrected chi connectivity index (χ1v) is 7.10. The smallest absolute Gasteiger partial charge is 0.250 e. The minimum atomic E-state index is -0.227. The summed E-state index contributed by atoms with van der Waals surface area (Å²) < 4.78 is 10.4. The van der Waals surface area contributed by atoms with Gasteiger partial charge < -0.3 is 14.8 Å². The van der Waals surface area contributed by atoms with Crippen molar-refractivity contribution in [3.63, 3.8) is 0 Å². The molecule has 0 radical (unpaired) electrons. The Balaban J connectivity index is 2.56. The summed E-state index contributed by atoms with van der Waals surface area (Å²) in [5.41, 5.74) is 2.26. The zero-order chi connectivity index (χ0) is 17.1. The van der Waals surface area contributed by atoms with Gasteiger partial charge in [-0.2, -0.15) is 0 Å². The van der Waals surface area contributed by atoms with Crippen LogP contribution in [-0.4, -0.2) is 31.2 Å². The Hall–Kier alpha value is -2.66. The fraction of sp³-hybridized carbons (Fsp3) is 0.222. The van der Waals surface area contributed by atoms with Gasteiger partial charge in [-0.25, -0.2) is 0 Å². The summed E-state index contributed by atoms with van der Waals surface area (Å²) in [5, 5.41) is 2.76. The Kier molecular flexibility index (Phi) is 8.10. The van der Waals surface area contributed by atoms with Crippen LogP contribution in [0.2, 0.25) is 0 Å². The summed E-state index contributed by atoms with van der Waals surface area (Å²) in [6.07, 6.45) is 9.07. The van der Waals surface area contributed by atoms with E-state index in [9.17, 15) is 4.79 Å². The van der Waals surface area contributed by atoms with Gasteiger partial charge in [0, 0.05) is 25.3 Å². The maximum atomic E-state index is 11.6. The van der Waals surface area contributed by atoms with Gasteiger partial charge in [0.15, 0.2) is 0 Å². The van der Waals surface area contributed by atoms with Gasteiger partial charge in [0.05, 0.1) is 18.5 Å². The molecule has 0 saturated carbocycles. The quantitative estimate of drug-likeness (QED) is 0.533. The first kappa shape index (κ1) is 18.4. The molecule has 0 aromatic carbocycles. The highest BCUT2D eigenvalue weighted by atomic mass is 16.5. The van der Waals surface area contributed by atoms with E-state index in [1.54, 1.807) is 30.6 Å². The molecular formula is C18H22N2O3. The van der Waals surface area contributed by atoms with Gasteiger partial charge in [-0.05, 0) is 11.6 Å². The van der Waals surface area contributed by atoms with Crippen molar-refractivity contribution in [3.05, 3.63) is 73.3 Å². The van der Waals surface area contributed by atoms with E-state index in [4.69, 9.17) is 9.47 Å². The number of nitrogens with zero attached hydrogens (tertiary/aromatic N) is 1. The van der Waals surface area contributed by atoms with Crippen molar-refractivity contribution in [2.45, 2.75) is 6.42 Å². The number of pyridine rings is 1. The van der Waals surface area contributed by atoms with Crippen molar-refractivity contribution in [3.8, 4) is 0 Å². The van der Waals surface area contributed by atoms with Crippen molar-refractivity contribution in [1.82, 2.24) is 4.98 Å². The van der Waals surface area contributed by atoms with Crippen LogP contribution < -0.4 is 5.32 Å². The standard InChI is InChI=1S/C18H22N2O3/c1-5-6-7-14(2)15(3)23-11-9-16-8-10-19-12-17(16)20-18(21)13-22-4/h5-8,10,12H,1-3,9,11,13H2,4H3,(H,20,21). The van der Waals surface area contributed by atoms with Gasteiger partial charge >= 0.3 is 0 Å². The number of allylic oxidation sites excluding steroid dienone is 3. The molecule has 1 N–H and O–H groups in total. The lowest BCUT2D eigenvalue weighted by molar-refractivity contribution is -0.119. The number of methoxy groups -OCH3 is 1. The highest BCUT2D eigenvalue weighted by Crippen LogP contribution is 2.16. The molecule has 5 nitrogen and oxygen atoms in total. The van der Waals surface area contributed by atoms with Crippen LogP contribution in [-0.2, 0) is 20.7 Å². The molecule has 0 unspecified atom stereocenters. The van der Waals surface area contributed by atoms with Crippen LogP contribution in [0, 0.1) is 0 Å². The third-order valence-corrected chi connectivity index (χ3v) is 2.90. The van der Waals surface area contributed by atoms with Crippen molar-refractivity contribution in [2.24, 2.45) is 0 Å². The van der Waals surface area contributed by atoms with Crippen LogP contribution in [0.5, 0.6) is 0 Å². The minimum absolute atomic E-state index is 0.00287. The lowest BCUT2D eigenvalue weighted by Crippen LogP contribution is -2.18. The lowest BCUT2D eigenvalue weighted by Gasteiger charge is -2.12. The van der Waals surface area contributed by atoms with E-state index < -0.39 is 0 Å². The van der Waals surface area contributed by atoms with Gasteiger partial charge in [0.2, 0.25) is 5.91 Å². The second-order valence-electron chi connectivity index (χ2n) is 4.66. The number of nitrogens with one attached hydrogen (secondary N) is 1. The number of hydrogen-bond donors (Lipinski definition) is 1. The summed E-state index contributed by atoms with van der Waals surface area (Å²) in [4.78, 5) is 15.6. The zero-order valence-corrected chi connectivity index (χ0v) is 13.4. The van der Waals surface area contributed by atoms with E-state index in [-0.39, 0.29) is 12.5 Å². The molecule has 1 amide bonds. The lowest BCUT2D eigenvalue weighted by atomic mass is 10.1. The molecular weight excluding hydrogens is 292 g/mol. The van der Waals surface area contributed by atoms with Crippen LogP contribution in [0.4, 0.5) is 5.69 Å². The predicted octanol–water partition coefficient (Wildman–Crippen LogP) is 3.04. The molecule has 5 heteroatoms. The molecule has 1 aromatic rings. The number of anilines is 1. The summed E-state index contributed by atoms with van der Waals surface area (Å²) in [6, 6.07) is 1.83. The van der Waals surface area contributed by atoms with Gasteiger partial charge in [0.25, 0.3) is 0 Å². The second kappa shape index (κ2) is 10.1. The normalized spacial score (nSPS) is 10.3. The minimum Gasteiger partial charge on any atom is -0.493 e. The van der Waals surface area contributed by atoms with Gasteiger partial charge in [-0.15, -0.1) is 0 Å². The molecule has 0 aliphatic carbocycles. The third-order valence-electron chi connectivity index (χ3n) is 2.90. The Bertz CT molecular complexity index is 606. The average Bonchev–Trinajstić information content (AvgIpc) is 2.54. The van der Waals surface area contributed by atoms with Crippen LogP contribution in [0.3, 0.4) is 0 Å². The van der Waals surface area contributed by atoms with Crippen LogP contribution in [0.15, 0.2) is 67.8 Å². The molecule has 23 heavy (non-hydrogen) atoms. The highest BCUT2D eigenvalue weighted by Gasteiger charge is 2.07. The first-order chi connectivity index (χ1) is 11.1. The van der Waals surface area contributed by atoms with E-state index >= 15 is 0 Å².